The zero-order valence-corrected chi connectivity index (χ0v) is 23.3. The first-order valence-corrected chi connectivity index (χ1v) is 13.4. The van der Waals surface area contributed by atoms with E-state index in [1.165, 1.54) is 11.3 Å². The van der Waals surface area contributed by atoms with E-state index in [0.29, 0.717) is 44.3 Å². The van der Waals surface area contributed by atoms with E-state index in [0.717, 1.165) is 10.2 Å². The molecule has 37 heavy (non-hydrogen) atoms. The third-order valence-electron chi connectivity index (χ3n) is 4.78. The van der Waals surface area contributed by atoms with Crippen LogP contribution in [0.3, 0.4) is 0 Å². The van der Waals surface area contributed by atoms with Gasteiger partial charge in [0.1, 0.15) is 5.01 Å². The van der Waals surface area contributed by atoms with E-state index in [4.69, 9.17) is 30.6 Å². The molecule has 0 amide bonds. The number of aliphatic hydroxyl groups is 6. The molecule has 2 rings (SSSR count). The van der Waals surface area contributed by atoms with Crippen molar-refractivity contribution in [2.45, 2.75) is 12.3 Å². The van der Waals surface area contributed by atoms with Gasteiger partial charge in [-0.2, -0.15) is 0 Å². The zero-order chi connectivity index (χ0) is 28.1. The lowest BCUT2D eigenvalue weighted by Gasteiger charge is -2.17. The second-order valence-electron chi connectivity index (χ2n) is 7.53. The minimum absolute atomic E-state index is 0.0330. The van der Waals surface area contributed by atoms with Gasteiger partial charge in [0.25, 0.3) is 0 Å². The molecule has 1 atom stereocenters. The number of aromatic nitrogens is 1. The van der Waals surface area contributed by atoms with Crippen molar-refractivity contribution in [1.29, 1.82) is 0 Å². The summed E-state index contributed by atoms with van der Waals surface area (Å²) in [4.78, 5) is 30.3. The minimum Gasteiger partial charge on any atom is -0.395 e. The van der Waals surface area contributed by atoms with Crippen LogP contribution >= 0.6 is 36.6 Å². The molecule has 1 aromatic heterocycles. The van der Waals surface area contributed by atoms with E-state index in [2.05, 4.69) is 30.2 Å². The van der Waals surface area contributed by atoms with Crippen molar-refractivity contribution in [3.63, 3.8) is 0 Å². The number of thiazole rings is 1. The number of para-hydroxylation sites is 1. The molecule has 0 radical (unpaired) electrons. The molecule has 0 saturated carbocycles. The van der Waals surface area contributed by atoms with Gasteiger partial charge in [-0.25, -0.2) is 4.98 Å². The third-order valence-corrected chi connectivity index (χ3v) is 6.43. The molecule has 1 unspecified atom stereocenters. The van der Waals surface area contributed by atoms with Crippen LogP contribution in [0.4, 0.5) is 0 Å². The van der Waals surface area contributed by atoms with Gasteiger partial charge in [0.05, 0.1) is 55.8 Å². The molecule has 14 heteroatoms. The fourth-order valence-corrected chi connectivity index (χ4v) is 4.56. The Kier molecular flexibility index (Phi) is 22.1. The summed E-state index contributed by atoms with van der Waals surface area (Å²) in [5.41, 5.74) is 0.832. The lowest BCUT2D eigenvalue weighted by atomic mass is 10.1. The summed E-state index contributed by atoms with van der Waals surface area (Å²) >= 11 is 8.91. The van der Waals surface area contributed by atoms with Gasteiger partial charge in [-0.05, 0) is 12.1 Å². The van der Waals surface area contributed by atoms with Gasteiger partial charge in [0.15, 0.2) is 10.2 Å². The molecule has 1 aromatic carbocycles. The standard InChI is InChI=1S/C11H9NO2S3.2C6H15NO3/c13-9(15)5-6(11(14)16)10-12-7-3-1-2-4-8(7)17-10;2*8-4-1-7(2-5-9)3-6-10/h1-4,6H,5H2,(H,13,15)(H,14,16);2*8-10H,1-6H2. The van der Waals surface area contributed by atoms with Crippen molar-refractivity contribution in [3.8, 4) is 0 Å². The predicted molar refractivity (Wildman–Crippen MR) is 150 cm³/mol. The van der Waals surface area contributed by atoms with Crippen molar-refractivity contribution in [1.82, 2.24) is 14.8 Å². The van der Waals surface area contributed by atoms with Crippen LogP contribution in [0.25, 0.3) is 10.2 Å². The maximum Gasteiger partial charge on any atom is 0.196 e. The Morgan fingerprint density at radius 2 is 1.16 bits per heavy atom. The third kappa shape index (κ3) is 16.4. The van der Waals surface area contributed by atoms with Crippen LogP contribution < -0.4 is 0 Å². The van der Waals surface area contributed by atoms with Gasteiger partial charge in [-0.15, -0.1) is 36.6 Å². The average molecular weight is 582 g/mol. The molecule has 0 bridgehead atoms. The van der Waals surface area contributed by atoms with Gasteiger partial charge < -0.3 is 30.6 Å². The van der Waals surface area contributed by atoms with Crippen LogP contribution in [0, 0.1) is 0 Å². The first-order valence-electron chi connectivity index (χ1n) is 11.7. The summed E-state index contributed by atoms with van der Waals surface area (Å²) in [6.45, 7) is 3.51. The van der Waals surface area contributed by atoms with Crippen LogP contribution in [0.2, 0.25) is 0 Å². The van der Waals surface area contributed by atoms with Gasteiger partial charge in [0.2, 0.25) is 0 Å². The summed E-state index contributed by atoms with van der Waals surface area (Å²) in [6, 6.07) is 7.59. The van der Waals surface area contributed by atoms with Crippen LogP contribution in [0.5, 0.6) is 0 Å². The van der Waals surface area contributed by atoms with E-state index in [1.54, 1.807) is 9.80 Å². The SMILES string of the molecule is O=C(S)CC(C(=O)S)c1nc2ccccc2s1.OCCN(CCO)CCO.OCCN(CCO)CCO. The fourth-order valence-electron chi connectivity index (χ4n) is 3.01. The number of hydrogen-bond donors (Lipinski definition) is 8. The molecule has 0 aliphatic rings. The summed E-state index contributed by atoms with van der Waals surface area (Å²) in [5.74, 6) is -0.597. The highest BCUT2D eigenvalue weighted by Gasteiger charge is 2.23. The Morgan fingerprint density at radius 3 is 1.49 bits per heavy atom. The second-order valence-corrected chi connectivity index (χ2v) is 9.54. The van der Waals surface area contributed by atoms with Gasteiger partial charge in [-0.3, -0.25) is 19.4 Å². The quantitative estimate of drug-likeness (QED) is 0.117. The maximum atomic E-state index is 11.4. The first-order chi connectivity index (χ1) is 17.8. The Balaban J connectivity index is 0.000000564. The number of carbonyl (C=O) groups excluding carboxylic acids is 2. The van der Waals surface area contributed by atoms with E-state index in [-0.39, 0.29) is 56.3 Å². The number of hydrogen-bond acceptors (Lipinski definition) is 12. The number of benzene rings is 1. The van der Waals surface area contributed by atoms with Crippen LogP contribution in [-0.2, 0) is 9.59 Å². The molecule has 6 N–H and O–H groups in total. The Morgan fingerprint density at radius 1 is 0.757 bits per heavy atom. The van der Waals surface area contributed by atoms with Crippen LogP contribution in [-0.4, -0.2) is 135 Å². The molecule has 1 heterocycles. The van der Waals surface area contributed by atoms with Crippen LogP contribution in [0.15, 0.2) is 24.3 Å². The Hall–Kier alpha value is -1.17. The second kappa shape index (κ2) is 22.8. The largest absolute Gasteiger partial charge is 0.395 e. The fraction of sp³-hybridized carbons (Fsp3) is 0.609. The number of thiol groups is 2. The highest BCUT2D eigenvalue weighted by molar-refractivity contribution is 7.97. The average Bonchev–Trinajstić information content (AvgIpc) is 3.28. The highest BCUT2D eigenvalue weighted by atomic mass is 32.1. The van der Waals surface area contributed by atoms with Crippen molar-refractivity contribution in [2.24, 2.45) is 0 Å². The lowest BCUT2D eigenvalue weighted by molar-refractivity contribution is -0.116. The van der Waals surface area contributed by atoms with Gasteiger partial charge in [-0.1, -0.05) is 12.1 Å². The summed E-state index contributed by atoms with van der Waals surface area (Å²) in [5, 5.41) is 50.8. The number of aliphatic hydroxyl groups excluding tert-OH is 6. The molecule has 0 saturated heterocycles. The first kappa shape index (κ1) is 35.8. The van der Waals surface area contributed by atoms with Crippen molar-refractivity contribution in [2.75, 3.05) is 78.9 Å². The molecule has 0 aliphatic carbocycles. The molecule has 2 aromatic rings. The maximum absolute atomic E-state index is 11.4. The number of rotatable bonds is 16. The van der Waals surface area contributed by atoms with E-state index >= 15 is 0 Å². The van der Waals surface area contributed by atoms with Gasteiger partial charge in [0, 0.05) is 45.7 Å². The van der Waals surface area contributed by atoms with Crippen LogP contribution in [0.1, 0.15) is 17.3 Å². The smallest absolute Gasteiger partial charge is 0.196 e. The molecule has 0 aliphatic heterocycles. The zero-order valence-electron chi connectivity index (χ0n) is 20.7. The van der Waals surface area contributed by atoms with Gasteiger partial charge >= 0.3 is 0 Å². The predicted octanol–water partition coefficient (Wildman–Crippen LogP) is -0.787. The molecule has 0 spiro atoms. The van der Waals surface area contributed by atoms with E-state index < -0.39 is 5.92 Å². The summed E-state index contributed by atoms with van der Waals surface area (Å²) in [6.07, 6.45) is 0.0330. The van der Waals surface area contributed by atoms with Crippen molar-refractivity contribution < 1.29 is 40.2 Å². The Bertz CT molecular complexity index is 795. The van der Waals surface area contributed by atoms with Crippen molar-refractivity contribution in [3.05, 3.63) is 29.3 Å². The minimum atomic E-state index is -0.597. The lowest BCUT2D eigenvalue weighted by Crippen LogP contribution is -2.32. The molecule has 0 fully saturated rings. The summed E-state index contributed by atoms with van der Waals surface area (Å²) < 4.78 is 0.994. The normalized spacial score (nSPS) is 11.6. The molecular weight excluding hydrogens is 542 g/mol. The highest BCUT2D eigenvalue weighted by Crippen LogP contribution is 2.31. The monoisotopic (exact) mass is 581 g/mol. The molecular formula is C23H39N3O8S3. The van der Waals surface area contributed by atoms with Crippen molar-refractivity contribution >= 4 is 57.0 Å². The van der Waals surface area contributed by atoms with E-state index in [1.807, 2.05) is 24.3 Å². The molecule has 212 valence electrons. The number of fused-ring (bicyclic) bond motifs is 1. The summed E-state index contributed by atoms with van der Waals surface area (Å²) in [7, 11) is 0. The molecule has 11 nitrogen and oxygen atoms in total. The number of nitrogens with zero attached hydrogens (tertiary/aromatic N) is 3. The topological polar surface area (TPSA) is 175 Å². The van der Waals surface area contributed by atoms with E-state index in [9.17, 15) is 9.59 Å². The number of carbonyl (C=O) groups is 2. The Labute approximate surface area is 232 Å².